The fourth-order valence-electron chi connectivity index (χ4n) is 1.88. The number of rotatable bonds is 6. The molecule has 1 aromatic heterocycles. The third-order valence-corrected chi connectivity index (χ3v) is 2.81. The minimum Gasteiger partial charge on any atom is -0.317 e. The van der Waals surface area contributed by atoms with Gasteiger partial charge in [-0.3, -0.25) is 0 Å². The summed E-state index contributed by atoms with van der Waals surface area (Å²) in [6.07, 6.45) is 0.870. The molecule has 0 amide bonds. The van der Waals surface area contributed by atoms with Gasteiger partial charge in [-0.25, -0.2) is 0 Å². The number of para-hydroxylation sites is 1. The van der Waals surface area contributed by atoms with Crippen LogP contribution in [0.25, 0.3) is 5.69 Å². The Labute approximate surface area is 107 Å². The fourth-order valence-corrected chi connectivity index (χ4v) is 1.88. The molecule has 1 atom stereocenters. The third kappa shape index (κ3) is 3.13. The lowest BCUT2D eigenvalue weighted by Crippen LogP contribution is -2.23. The predicted octanol–water partition coefficient (Wildman–Crippen LogP) is 1.45. The standard InChI is InChI=1S/C13H19N5/c1-3-14-10-11(2)9-13-15-16-17-18(13)12-7-5-4-6-8-12/h4-8,11,14H,3,9-10H2,1-2H3. The van der Waals surface area contributed by atoms with Crippen LogP contribution in [0.3, 0.4) is 0 Å². The van der Waals surface area contributed by atoms with Crippen molar-refractivity contribution in [3.8, 4) is 5.69 Å². The SMILES string of the molecule is CCNCC(C)Cc1nnnn1-c1ccccc1. The van der Waals surface area contributed by atoms with Gasteiger partial charge < -0.3 is 5.32 Å². The van der Waals surface area contributed by atoms with Crippen LogP contribution in [0, 0.1) is 5.92 Å². The van der Waals surface area contributed by atoms with Crippen molar-refractivity contribution >= 4 is 0 Å². The molecule has 0 aliphatic heterocycles. The lowest BCUT2D eigenvalue weighted by atomic mass is 10.1. The maximum Gasteiger partial charge on any atom is 0.157 e. The van der Waals surface area contributed by atoms with Crippen molar-refractivity contribution in [2.75, 3.05) is 13.1 Å². The molecule has 2 rings (SSSR count). The molecule has 2 aromatic rings. The molecule has 0 radical (unpaired) electrons. The smallest absolute Gasteiger partial charge is 0.157 e. The summed E-state index contributed by atoms with van der Waals surface area (Å²) >= 11 is 0. The van der Waals surface area contributed by atoms with Crippen molar-refractivity contribution in [3.05, 3.63) is 36.2 Å². The van der Waals surface area contributed by atoms with Crippen LogP contribution in [0.1, 0.15) is 19.7 Å². The Bertz CT molecular complexity index is 465. The molecule has 1 unspecified atom stereocenters. The number of aromatic nitrogens is 4. The third-order valence-electron chi connectivity index (χ3n) is 2.81. The van der Waals surface area contributed by atoms with Gasteiger partial charge in [-0.1, -0.05) is 32.0 Å². The van der Waals surface area contributed by atoms with E-state index in [-0.39, 0.29) is 0 Å². The minimum atomic E-state index is 0.512. The molecule has 0 bridgehead atoms. The number of hydrogen-bond donors (Lipinski definition) is 1. The largest absolute Gasteiger partial charge is 0.317 e. The molecule has 0 aliphatic rings. The van der Waals surface area contributed by atoms with Crippen molar-refractivity contribution in [1.82, 2.24) is 25.5 Å². The topological polar surface area (TPSA) is 55.6 Å². The molecule has 96 valence electrons. The van der Waals surface area contributed by atoms with E-state index >= 15 is 0 Å². The molecule has 18 heavy (non-hydrogen) atoms. The van der Waals surface area contributed by atoms with E-state index in [4.69, 9.17) is 0 Å². The van der Waals surface area contributed by atoms with Crippen molar-refractivity contribution in [2.24, 2.45) is 5.92 Å². The van der Waals surface area contributed by atoms with Crippen LogP contribution in [0.15, 0.2) is 30.3 Å². The Kier molecular flexibility index (Phi) is 4.41. The first kappa shape index (κ1) is 12.7. The molecule has 0 saturated heterocycles. The quantitative estimate of drug-likeness (QED) is 0.837. The lowest BCUT2D eigenvalue weighted by molar-refractivity contribution is 0.504. The number of nitrogens with zero attached hydrogens (tertiary/aromatic N) is 4. The van der Waals surface area contributed by atoms with Crippen LogP contribution in [0.5, 0.6) is 0 Å². The van der Waals surface area contributed by atoms with Crippen LogP contribution in [0.2, 0.25) is 0 Å². The maximum atomic E-state index is 4.11. The van der Waals surface area contributed by atoms with Crippen LogP contribution in [-0.2, 0) is 6.42 Å². The highest BCUT2D eigenvalue weighted by Gasteiger charge is 2.11. The Morgan fingerprint density at radius 1 is 1.28 bits per heavy atom. The molecule has 1 heterocycles. The molecule has 0 aliphatic carbocycles. The lowest BCUT2D eigenvalue weighted by Gasteiger charge is -2.11. The molecule has 5 heteroatoms. The maximum absolute atomic E-state index is 4.11. The second-order valence-corrected chi connectivity index (χ2v) is 4.46. The van der Waals surface area contributed by atoms with Gasteiger partial charge in [0.05, 0.1) is 5.69 Å². The first-order valence-corrected chi connectivity index (χ1v) is 6.34. The van der Waals surface area contributed by atoms with E-state index in [1.165, 1.54) is 0 Å². The monoisotopic (exact) mass is 245 g/mol. The molecular weight excluding hydrogens is 226 g/mol. The number of benzene rings is 1. The average Bonchev–Trinajstić information content (AvgIpc) is 2.85. The molecule has 1 aromatic carbocycles. The van der Waals surface area contributed by atoms with E-state index in [2.05, 4.69) is 34.7 Å². The summed E-state index contributed by atoms with van der Waals surface area (Å²) in [7, 11) is 0. The zero-order valence-corrected chi connectivity index (χ0v) is 10.9. The summed E-state index contributed by atoms with van der Waals surface area (Å²) < 4.78 is 1.81. The number of nitrogens with one attached hydrogen (secondary N) is 1. The molecule has 0 fully saturated rings. The predicted molar refractivity (Wildman–Crippen MR) is 70.6 cm³/mol. The molecular formula is C13H19N5. The summed E-state index contributed by atoms with van der Waals surface area (Å²) in [5.41, 5.74) is 1.01. The average molecular weight is 245 g/mol. The summed E-state index contributed by atoms with van der Waals surface area (Å²) in [4.78, 5) is 0. The zero-order valence-electron chi connectivity index (χ0n) is 10.9. The molecule has 5 nitrogen and oxygen atoms in total. The van der Waals surface area contributed by atoms with Crippen LogP contribution >= 0.6 is 0 Å². The van der Waals surface area contributed by atoms with Gasteiger partial charge in [0.15, 0.2) is 5.82 Å². The van der Waals surface area contributed by atoms with Gasteiger partial charge in [0, 0.05) is 6.42 Å². The molecule has 0 saturated carbocycles. The number of hydrogen-bond acceptors (Lipinski definition) is 4. The highest BCUT2D eigenvalue weighted by molar-refractivity contribution is 5.30. The Morgan fingerprint density at radius 2 is 2.06 bits per heavy atom. The van der Waals surface area contributed by atoms with E-state index in [1.807, 2.05) is 35.0 Å². The van der Waals surface area contributed by atoms with Gasteiger partial charge in [0.25, 0.3) is 0 Å². The normalized spacial score (nSPS) is 12.6. The molecule has 0 spiro atoms. The summed E-state index contributed by atoms with van der Waals surface area (Å²) in [5.74, 6) is 1.42. The Balaban J connectivity index is 2.09. The van der Waals surface area contributed by atoms with E-state index in [9.17, 15) is 0 Å². The summed E-state index contributed by atoms with van der Waals surface area (Å²) in [6.45, 7) is 6.29. The first-order chi connectivity index (χ1) is 8.81. The van der Waals surface area contributed by atoms with Crippen LogP contribution < -0.4 is 5.32 Å². The van der Waals surface area contributed by atoms with E-state index < -0.39 is 0 Å². The van der Waals surface area contributed by atoms with Gasteiger partial charge in [-0.2, -0.15) is 4.68 Å². The van der Waals surface area contributed by atoms with E-state index in [0.717, 1.165) is 31.0 Å². The van der Waals surface area contributed by atoms with Gasteiger partial charge in [-0.05, 0) is 41.6 Å². The van der Waals surface area contributed by atoms with E-state index in [0.29, 0.717) is 5.92 Å². The van der Waals surface area contributed by atoms with Crippen LogP contribution in [0.4, 0.5) is 0 Å². The Morgan fingerprint density at radius 3 is 2.78 bits per heavy atom. The molecule has 1 N–H and O–H groups in total. The van der Waals surface area contributed by atoms with Gasteiger partial charge in [0.1, 0.15) is 0 Å². The van der Waals surface area contributed by atoms with Gasteiger partial charge in [-0.15, -0.1) is 5.10 Å². The fraction of sp³-hybridized carbons (Fsp3) is 0.462. The highest BCUT2D eigenvalue weighted by atomic mass is 15.5. The summed E-state index contributed by atoms with van der Waals surface area (Å²) in [6, 6.07) is 9.98. The highest BCUT2D eigenvalue weighted by Crippen LogP contribution is 2.10. The number of tetrazole rings is 1. The zero-order chi connectivity index (χ0) is 12.8. The first-order valence-electron chi connectivity index (χ1n) is 6.34. The van der Waals surface area contributed by atoms with Crippen molar-refractivity contribution in [1.29, 1.82) is 0 Å². The minimum absolute atomic E-state index is 0.512. The van der Waals surface area contributed by atoms with E-state index in [1.54, 1.807) is 0 Å². The Hall–Kier alpha value is -1.75. The van der Waals surface area contributed by atoms with Gasteiger partial charge in [0.2, 0.25) is 0 Å². The second-order valence-electron chi connectivity index (χ2n) is 4.46. The van der Waals surface area contributed by atoms with Gasteiger partial charge >= 0.3 is 0 Å². The van der Waals surface area contributed by atoms with Crippen molar-refractivity contribution < 1.29 is 0 Å². The summed E-state index contributed by atoms with van der Waals surface area (Å²) in [5, 5.41) is 15.3. The second kappa shape index (κ2) is 6.26. The van der Waals surface area contributed by atoms with Crippen LogP contribution in [-0.4, -0.2) is 33.3 Å². The van der Waals surface area contributed by atoms with Crippen molar-refractivity contribution in [2.45, 2.75) is 20.3 Å². The van der Waals surface area contributed by atoms with Crippen molar-refractivity contribution in [3.63, 3.8) is 0 Å².